The lowest BCUT2D eigenvalue weighted by atomic mass is 9.97. The molecular weight excluding hydrogens is 372 g/mol. The average Bonchev–Trinajstić information content (AvgIpc) is 3.12. The Bertz CT molecular complexity index is 1190. The predicted molar refractivity (Wildman–Crippen MR) is 121 cm³/mol. The van der Waals surface area contributed by atoms with E-state index in [2.05, 4.69) is 42.7 Å². The van der Waals surface area contributed by atoms with Crippen molar-refractivity contribution in [3.63, 3.8) is 0 Å². The van der Waals surface area contributed by atoms with Crippen molar-refractivity contribution in [2.24, 2.45) is 0 Å². The SMILES string of the molecule is CCCc1nc2c(C)cccc2n1Cc1ccc(-c2ccccc2)c(C(=O)OC)c1. The molecule has 0 radical (unpaired) electrons. The number of hydrogen-bond donors (Lipinski definition) is 0. The summed E-state index contributed by atoms with van der Waals surface area (Å²) in [7, 11) is 1.43. The third-order valence-corrected chi connectivity index (χ3v) is 5.45. The summed E-state index contributed by atoms with van der Waals surface area (Å²) in [5.74, 6) is 0.754. The van der Waals surface area contributed by atoms with Gasteiger partial charge in [0.2, 0.25) is 0 Å². The highest BCUT2D eigenvalue weighted by Crippen LogP contribution is 2.27. The van der Waals surface area contributed by atoms with Crippen molar-refractivity contribution in [3.05, 3.63) is 89.2 Å². The molecule has 1 heterocycles. The topological polar surface area (TPSA) is 44.1 Å². The smallest absolute Gasteiger partial charge is 0.338 e. The van der Waals surface area contributed by atoms with Gasteiger partial charge in [-0.1, -0.05) is 61.5 Å². The molecule has 1 aromatic heterocycles. The number of fused-ring (bicyclic) bond motifs is 1. The molecule has 0 unspecified atom stereocenters. The van der Waals surface area contributed by atoms with Gasteiger partial charge in [-0.3, -0.25) is 0 Å². The highest BCUT2D eigenvalue weighted by molar-refractivity contribution is 5.97. The van der Waals surface area contributed by atoms with E-state index in [1.165, 1.54) is 12.7 Å². The van der Waals surface area contributed by atoms with Gasteiger partial charge in [-0.15, -0.1) is 0 Å². The second-order valence-electron chi connectivity index (χ2n) is 7.54. The molecule has 4 nitrogen and oxygen atoms in total. The van der Waals surface area contributed by atoms with Gasteiger partial charge in [0.05, 0.1) is 23.7 Å². The summed E-state index contributed by atoms with van der Waals surface area (Å²) in [5, 5.41) is 0. The van der Waals surface area contributed by atoms with Crippen molar-refractivity contribution >= 4 is 17.0 Å². The minimum Gasteiger partial charge on any atom is -0.465 e. The Morgan fingerprint density at radius 1 is 1.03 bits per heavy atom. The van der Waals surface area contributed by atoms with Crippen LogP contribution in [-0.4, -0.2) is 22.6 Å². The van der Waals surface area contributed by atoms with Crippen LogP contribution < -0.4 is 0 Å². The van der Waals surface area contributed by atoms with Crippen LogP contribution in [0.5, 0.6) is 0 Å². The van der Waals surface area contributed by atoms with Crippen LogP contribution in [0.1, 0.15) is 40.7 Å². The monoisotopic (exact) mass is 398 g/mol. The van der Waals surface area contributed by atoms with Crippen molar-refractivity contribution in [1.82, 2.24) is 9.55 Å². The number of imidazole rings is 1. The van der Waals surface area contributed by atoms with Crippen LogP contribution in [0.25, 0.3) is 22.2 Å². The Balaban J connectivity index is 1.80. The summed E-state index contributed by atoms with van der Waals surface area (Å²) in [6, 6.07) is 22.3. The molecule has 0 saturated heterocycles. The van der Waals surface area contributed by atoms with Crippen LogP contribution in [0.4, 0.5) is 0 Å². The Labute approximate surface area is 177 Å². The Hall–Kier alpha value is -3.40. The molecule has 4 rings (SSSR count). The molecule has 0 aliphatic carbocycles. The van der Waals surface area contributed by atoms with Crippen LogP contribution in [0.15, 0.2) is 66.7 Å². The summed E-state index contributed by atoms with van der Waals surface area (Å²) in [5.41, 5.74) is 6.87. The summed E-state index contributed by atoms with van der Waals surface area (Å²) >= 11 is 0. The number of carbonyl (C=O) groups excluding carboxylic acids is 1. The third kappa shape index (κ3) is 3.73. The molecule has 0 N–H and O–H groups in total. The fourth-order valence-corrected chi connectivity index (χ4v) is 3.95. The molecule has 152 valence electrons. The number of para-hydroxylation sites is 1. The highest BCUT2D eigenvalue weighted by atomic mass is 16.5. The van der Waals surface area contributed by atoms with E-state index in [4.69, 9.17) is 9.72 Å². The third-order valence-electron chi connectivity index (χ3n) is 5.45. The number of benzene rings is 3. The maximum atomic E-state index is 12.5. The van der Waals surface area contributed by atoms with E-state index in [0.717, 1.165) is 46.4 Å². The number of aryl methyl sites for hydroxylation is 2. The van der Waals surface area contributed by atoms with Gasteiger partial charge in [0.25, 0.3) is 0 Å². The lowest BCUT2D eigenvalue weighted by Crippen LogP contribution is -2.08. The van der Waals surface area contributed by atoms with E-state index in [1.54, 1.807) is 0 Å². The average molecular weight is 399 g/mol. The molecule has 0 aliphatic rings. The van der Waals surface area contributed by atoms with Gasteiger partial charge < -0.3 is 9.30 Å². The number of rotatable bonds is 6. The minimum absolute atomic E-state index is 0.323. The second kappa shape index (κ2) is 8.54. The van der Waals surface area contributed by atoms with Gasteiger partial charge in [-0.2, -0.15) is 0 Å². The number of ether oxygens (including phenoxy) is 1. The van der Waals surface area contributed by atoms with Crippen molar-refractivity contribution in [1.29, 1.82) is 0 Å². The highest BCUT2D eigenvalue weighted by Gasteiger charge is 2.16. The van der Waals surface area contributed by atoms with Gasteiger partial charge in [0.1, 0.15) is 5.82 Å². The number of hydrogen-bond acceptors (Lipinski definition) is 3. The zero-order chi connectivity index (χ0) is 21.1. The Morgan fingerprint density at radius 2 is 1.83 bits per heavy atom. The molecule has 0 fully saturated rings. The number of esters is 1. The maximum absolute atomic E-state index is 12.5. The normalized spacial score (nSPS) is 11.0. The van der Waals surface area contributed by atoms with E-state index in [1.807, 2.05) is 42.5 Å². The Kier molecular flexibility index (Phi) is 5.66. The molecule has 4 aromatic rings. The molecule has 0 amide bonds. The summed E-state index contributed by atoms with van der Waals surface area (Å²) in [6.45, 7) is 4.92. The fraction of sp³-hybridized carbons (Fsp3) is 0.231. The van der Waals surface area contributed by atoms with Crippen molar-refractivity contribution in [3.8, 4) is 11.1 Å². The predicted octanol–water partition coefficient (Wildman–Crippen LogP) is 5.80. The first-order valence-corrected chi connectivity index (χ1v) is 10.3. The first kappa shape index (κ1) is 19.9. The summed E-state index contributed by atoms with van der Waals surface area (Å²) in [6.07, 6.45) is 1.95. The van der Waals surface area contributed by atoms with Crippen molar-refractivity contribution < 1.29 is 9.53 Å². The lowest BCUT2D eigenvalue weighted by Gasteiger charge is -2.13. The van der Waals surface area contributed by atoms with E-state index in [-0.39, 0.29) is 5.97 Å². The zero-order valence-corrected chi connectivity index (χ0v) is 17.7. The van der Waals surface area contributed by atoms with Gasteiger partial charge in [0.15, 0.2) is 0 Å². The van der Waals surface area contributed by atoms with Crippen LogP contribution in [-0.2, 0) is 17.7 Å². The number of aromatic nitrogens is 2. The summed E-state index contributed by atoms with van der Waals surface area (Å²) in [4.78, 5) is 17.5. The first-order chi connectivity index (χ1) is 14.6. The number of carbonyl (C=O) groups is 1. The molecule has 4 heteroatoms. The first-order valence-electron chi connectivity index (χ1n) is 10.3. The van der Waals surface area contributed by atoms with Gasteiger partial charge >= 0.3 is 5.97 Å². The van der Waals surface area contributed by atoms with E-state index < -0.39 is 0 Å². The van der Waals surface area contributed by atoms with Crippen LogP contribution in [0, 0.1) is 6.92 Å². The van der Waals surface area contributed by atoms with Gasteiger partial charge in [-0.25, -0.2) is 9.78 Å². The number of nitrogens with zero attached hydrogens (tertiary/aromatic N) is 2. The number of methoxy groups -OCH3 is 1. The van der Waals surface area contributed by atoms with Crippen LogP contribution in [0.3, 0.4) is 0 Å². The Morgan fingerprint density at radius 3 is 2.57 bits per heavy atom. The molecule has 0 spiro atoms. The van der Waals surface area contributed by atoms with Gasteiger partial charge in [0, 0.05) is 13.0 Å². The molecule has 3 aromatic carbocycles. The van der Waals surface area contributed by atoms with Crippen molar-refractivity contribution in [2.45, 2.75) is 33.2 Å². The molecule has 0 aliphatic heterocycles. The summed E-state index contributed by atoms with van der Waals surface area (Å²) < 4.78 is 7.35. The maximum Gasteiger partial charge on any atom is 0.338 e. The standard InChI is InChI=1S/C26H26N2O2/c1-4-9-24-27-25-18(2)10-8-13-23(25)28(24)17-19-14-15-21(20-11-6-5-7-12-20)22(16-19)26(29)30-3/h5-8,10-16H,4,9,17H2,1-3H3. The van der Waals surface area contributed by atoms with Crippen molar-refractivity contribution in [2.75, 3.05) is 7.11 Å². The minimum atomic E-state index is -0.323. The largest absolute Gasteiger partial charge is 0.465 e. The molecule has 0 saturated carbocycles. The quantitative estimate of drug-likeness (QED) is 0.386. The lowest BCUT2D eigenvalue weighted by molar-refractivity contribution is 0.0601. The van der Waals surface area contributed by atoms with E-state index >= 15 is 0 Å². The molecule has 0 bridgehead atoms. The van der Waals surface area contributed by atoms with E-state index in [0.29, 0.717) is 12.1 Å². The fourth-order valence-electron chi connectivity index (χ4n) is 3.95. The van der Waals surface area contributed by atoms with Crippen LogP contribution in [0.2, 0.25) is 0 Å². The van der Waals surface area contributed by atoms with E-state index in [9.17, 15) is 4.79 Å². The van der Waals surface area contributed by atoms with Crippen LogP contribution >= 0.6 is 0 Å². The zero-order valence-electron chi connectivity index (χ0n) is 17.7. The molecular formula is C26H26N2O2. The molecule has 30 heavy (non-hydrogen) atoms. The molecule has 0 atom stereocenters. The van der Waals surface area contributed by atoms with Gasteiger partial charge in [-0.05, 0) is 47.7 Å². The second-order valence-corrected chi connectivity index (χ2v) is 7.54.